The van der Waals surface area contributed by atoms with Crippen LogP contribution in [0.15, 0.2) is 0 Å². The van der Waals surface area contributed by atoms with E-state index in [0.717, 1.165) is 0 Å². The van der Waals surface area contributed by atoms with Crippen molar-refractivity contribution < 1.29 is 59.8 Å². The van der Waals surface area contributed by atoms with Crippen LogP contribution >= 0.6 is 0 Å². The largest absolute Gasteiger partial charge is 0.394 e. The first kappa shape index (κ1) is 24.9. The Morgan fingerprint density at radius 2 is 0.933 bits per heavy atom. The first-order valence-electron chi connectivity index (χ1n) is 9.11. The summed E-state index contributed by atoms with van der Waals surface area (Å²) in [5.41, 5.74) is 0. The van der Waals surface area contributed by atoms with Crippen LogP contribution in [0, 0.1) is 23.7 Å². The summed E-state index contributed by atoms with van der Waals surface area (Å²) in [5, 5.41) is 76.4. The van der Waals surface area contributed by atoms with Gasteiger partial charge in [0, 0.05) is 0 Å². The number of hydrogen-bond acceptors (Lipinski definition) is 12. The molecule has 2 aliphatic rings. The Kier molecular flexibility index (Phi) is 9.86. The van der Waals surface area contributed by atoms with Gasteiger partial charge in [-0.2, -0.15) is 0 Å². The van der Waals surface area contributed by atoms with Crippen molar-refractivity contribution in [3.05, 3.63) is 0 Å². The molecule has 0 aromatic carbocycles. The van der Waals surface area contributed by atoms with Gasteiger partial charge in [-0.3, -0.25) is 0 Å². The Morgan fingerprint density at radius 3 is 1.27 bits per heavy atom. The van der Waals surface area contributed by atoms with Gasteiger partial charge in [0.2, 0.25) is 0 Å². The molecule has 2 saturated heterocycles. The molecule has 12 nitrogen and oxygen atoms in total. The van der Waals surface area contributed by atoms with Crippen LogP contribution in [0.5, 0.6) is 0 Å². The Balaban J connectivity index is 1.74. The van der Waals surface area contributed by atoms with Gasteiger partial charge in [0.15, 0.2) is 12.6 Å². The van der Waals surface area contributed by atoms with E-state index in [1.54, 1.807) is 0 Å². The summed E-state index contributed by atoms with van der Waals surface area (Å²) in [6, 6.07) is 0. The minimum absolute atomic E-state index is 0.231. The molecule has 0 amide bonds. The molecule has 170 valence electrons. The maximum absolute atomic E-state index is 9.79. The normalized spacial score (nSPS) is 41.3. The van der Waals surface area contributed by atoms with Crippen molar-refractivity contribution in [3.8, 4) is 23.7 Å². The monoisotopic (exact) mass is 434 g/mol. The van der Waals surface area contributed by atoms with Gasteiger partial charge in [-0.1, -0.05) is 11.8 Å². The highest BCUT2D eigenvalue weighted by atomic mass is 16.7. The van der Waals surface area contributed by atoms with Crippen molar-refractivity contribution in [2.75, 3.05) is 26.4 Å². The predicted octanol–water partition coefficient (Wildman–Crippen LogP) is -5.37. The van der Waals surface area contributed by atoms with Gasteiger partial charge in [-0.05, 0) is 11.8 Å². The van der Waals surface area contributed by atoms with E-state index in [9.17, 15) is 30.6 Å². The molecule has 0 aromatic rings. The Morgan fingerprint density at radius 1 is 0.567 bits per heavy atom. The van der Waals surface area contributed by atoms with E-state index in [-0.39, 0.29) is 13.2 Å². The third-order valence-electron chi connectivity index (χ3n) is 4.58. The summed E-state index contributed by atoms with van der Waals surface area (Å²) in [6.07, 6.45) is -13.9. The van der Waals surface area contributed by atoms with Crippen LogP contribution in [0.1, 0.15) is 0 Å². The quantitative estimate of drug-likeness (QED) is 0.185. The zero-order valence-electron chi connectivity index (χ0n) is 15.8. The molecule has 0 spiro atoms. The zero-order chi connectivity index (χ0) is 22.3. The fraction of sp³-hybridized carbons (Fsp3) is 0.778. The van der Waals surface area contributed by atoms with E-state index in [1.807, 2.05) is 0 Å². The first-order valence-corrected chi connectivity index (χ1v) is 9.11. The van der Waals surface area contributed by atoms with E-state index >= 15 is 0 Å². The molecular weight excluding hydrogens is 408 g/mol. The van der Waals surface area contributed by atoms with Gasteiger partial charge < -0.3 is 59.8 Å². The third kappa shape index (κ3) is 6.09. The van der Waals surface area contributed by atoms with Crippen LogP contribution in [0.3, 0.4) is 0 Å². The maximum atomic E-state index is 9.79. The predicted molar refractivity (Wildman–Crippen MR) is 95.0 cm³/mol. The molecule has 2 heterocycles. The van der Waals surface area contributed by atoms with Crippen molar-refractivity contribution in [1.82, 2.24) is 0 Å². The highest BCUT2D eigenvalue weighted by Gasteiger charge is 2.44. The Labute approximate surface area is 172 Å². The highest BCUT2D eigenvalue weighted by molar-refractivity contribution is 5.26. The van der Waals surface area contributed by atoms with E-state index in [0.29, 0.717) is 0 Å². The van der Waals surface area contributed by atoms with E-state index in [4.69, 9.17) is 29.2 Å². The summed E-state index contributed by atoms with van der Waals surface area (Å²) in [6.45, 7) is -1.61. The third-order valence-corrected chi connectivity index (χ3v) is 4.58. The summed E-state index contributed by atoms with van der Waals surface area (Å²) in [7, 11) is 0. The molecule has 8 N–H and O–H groups in total. The Bertz CT molecular complexity index is 591. The number of hydrogen-bond donors (Lipinski definition) is 8. The smallest absolute Gasteiger partial charge is 0.187 e. The van der Waals surface area contributed by atoms with Crippen molar-refractivity contribution in [2.24, 2.45) is 0 Å². The van der Waals surface area contributed by atoms with E-state index in [2.05, 4.69) is 23.7 Å². The van der Waals surface area contributed by atoms with Gasteiger partial charge >= 0.3 is 0 Å². The second kappa shape index (κ2) is 11.9. The molecule has 0 saturated carbocycles. The van der Waals surface area contributed by atoms with Gasteiger partial charge in [0.25, 0.3) is 0 Å². The molecule has 12 heteroatoms. The molecule has 10 atom stereocenters. The molecule has 0 radical (unpaired) electrons. The second-order valence-electron chi connectivity index (χ2n) is 6.62. The number of rotatable bonds is 6. The van der Waals surface area contributed by atoms with Crippen molar-refractivity contribution in [3.63, 3.8) is 0 Å². The molecule has 2 rings (SSSR count). The van der Waals surface area contributed by atoms with Crippen LogP contribution in [-0.4, -0.2) is 129 Å². The minimum Gasteiger partial charge on any atom is -0.394 e. The highest BCUT2D eigenvalue weighted by Crippen LogP contribution is 2.22. The molecule has 0 unspecified atom stereocenters. The molecule has 0 bridgehead atoms. The number of ether oxygens (including phenoxy) is 4. The molecule has 0 aromatic heterocycles. The lowest BCUT2D eigenvalue weighted by molar-refractivity contribution is -0.298. The van der Waals surface area contributed by atoms with Crippen LogP contribution < -0.4 is 0 Å². The standard InChI is InChI=1S/C18H26O12/c19-7-9-11(21)13(23)15(25)17(29-9)27-5-3-1-2-4-6-28-18-16(26)14(24)12(22)10(8-20)30-18/h9-26H,5-8H2/t9-,10-,11-,12-,13+,14+,15+,16+,17+,18+/m1/s1. The SMILES string of the molecule is OC[C@H]1O[C@H](OCC#CC#CCO[C@H]2O[C@H](CO)[C@@H](O)[C@H](O)[C@@H]2O)[C@@H](O)[C@@H](O)[C@@H]1O. The van der Waals surface area contributed by atoms with Crippen molar-refractivity contribution in [1.29, 1.82) is 0 Å². The summed E-state index contributed by atoms with van der Waals surface area (Å²) in [4.78, 5) is 0. The number of aliphatic hydroxyl groups is 8. The van der Waals surface area contributed by atoms with Gasteiger partial charge in [-0.25, -0.2) is 0 Å². The van der Waals surface area contributed by atoms with Crippen LogP contribution in [0.2, 0.25) is 0 Å². The fourth-order valence-corrected chi connectivity index (χ4v) is 2.82. The summed E-state index contributed by atoms with van der Waals surface area (Å²) < 4.78 is 20.6. The van der Waals surface area contributed by atoms with Crippen molar-refractivity contribution >= 4 is 0 Å². The summed E-state index contributed by atoms with van der Waals surface area (Å²) >= 11 is 0. The molecule has 0 aliphatic carbocycles. The van der Waals surface area contributed by atoms with Crippen molar-refractivity contribution in [2.45, 2.75) is 61.4 Å². The van der Waals surface area contributed by atoms with Crippen LogP contribution in [0.4, 0.5) is 0 Å². The van der Waals surface area contributed by atoms with Gasteiger partial charge in [0.1, 0.15) is 62.0 Å². The lowest BCUT2D eigenvalue weighted by Crippen LogP contribution is -2.59. The molecular formula is C18H26O12. The lowest BCUT2D eigenvalue weighted by Gasteiger charge is -2.39. The minimum atomic E-state index is -1.55. The van der Waals surface area contributed by atoms with Crippen LogP contribution in [0.25, 0.3) is 0 Å². The van der Waals surface area contributed by atoms with Crippen LogP contribution in [-0.2, 0) is 18.9 Å². The zero-order valence-corrected chi connectivity index (χ0v) is 15.8. The average molecular weight is 434 g/mol. The Hall–Kier alpha value is -1.36. The summed E-state index contributed by atoms with van der Waals surface area (Å²) in [5.74, 6) is 9.85. The van der Waals surface area contributed by atoms with Gasteiger partial charge in [0.05, 0.1) is 13.2 Å². The first-order chi connectivity index (χ1) is 14.3. The van der Waals surface area contributed by atoms with Gasteiger partial charge in [-0.15, -0.1) is 0 Å². The fourth-order valence-electron chi connectivity index (χ4n) is 2.82. The number of aliphatic hydroxyl groups excluding tert-OH is 8. The van der Waals surface area contributed by atoms with E-state index < -0.39 is 74.6 Å². The molecule has 2 aliphatic heterocycles. The topological polar surface area (TPSA) is 199 Å². The molecule has 30 heavy (non-hydrogen) atoms. The average Bonchev–Trinajstić information content (AvgIpc) is 2.75. The maximum Gasteiger partial charge on any atom is 0.187 e. The molecule has 2 fully saturated rings. The second-order valence-corrected chi connectivity index (χ2v) is 6.62. The van der Waals surface area contributed by atoms with E-state index in [1.165, 1.54) is 0 Å². The lowest BCUT2D eigenvalue weighted by atomic mass is 9.99.